The normalized spacial score (nSPS) is 13.3. The predicted octanol–water partition coefficient (Wildman–Crippen LogP) is 3.99. The number of ether oxygens (including phenoxy) is 3. The molecular weight excluding hydrogens is 412 g/mol. The summed E-state index contributed by atoms with van der Waals surface area (Å²) < 4.78 is 21.3. The molecule has 0 amide bonds. The second kappa shape index (κ2) is 8.81. The van der Waals surface area contributed by atoms with Crippen molar-refractivity contribution < 1.29 is 28.2 Å². The van der Waals surface area contributed by atoms with Gasteiger partial charge in [0.25, 0.3) is 0 Å². The first kappa shape index (κ1) is 20.9. The number of allylic oxidation sites excluding steroid dienone is 2. The van der Waals surface area contributed by atoms with E-state index < -0.39 is 11.9 Å². The molecule has 0 saturated heterocycles. The molecule has 0 unspecified atom stereocenters. The lowest BCUT2D eigenvalue weighted by Crippen LogP contribution is -2.27. The number of oxazole rings is 1. The Morgan fingerprint density at radius 3 is 2.47 bits per heavy atom. The number of fused-ring (bicyclic) bond motifs is 1. The van der Waals surface area contributed by atoms with E-state index in [1.807, 2.05) is 24.3 Å². The summed E-state index contributed by atoms with van der Waals surface area (Å²) in [5, 5.41) is 0. The summed E-state index contributed by atoms with van der Waals surface area (Å²) in [6.07, 6.45) is 6.44. The fourth-order valence-corrected chi connectivity index (χ4v) is 3.36. The Kier molecular flexibility index (Phi) is 5.76. The van der Waals surface area contributed by atoms with Crippen LogP contribution in [0.5, 0.6) is 5.75 Å². The van der Waals surface area contributed by atoms with Gasteiger partial charge in [0.05, 0.1) is 32.6 Å². The number of esters is 2. The molecule has 1 aliphatic heterocycles. The lowest BCUT2D eigenvalue weighted by Gasteiger charge is -2.25. The van der Waals surface area contributed by atoms with E-state index in [0.29, 0.717) is 28.5 Å². The highest BCUT2D eigenvalue weighted by atomic mass is 16.5. The molecule has 0 aliphatic carbocycles. The third kappa shape index (κ3) is 3.74. The molecule has 3 aromatic rings. The molecule has 2 aromatic carbocycles. The molecule has 0 saturated carbocycles. The molecule has 32 heavy (non-hydrogen) atoms. The molecule has 0 bridgehead atoms. The Labute approximate surface area is 184 Å². The van der Waals surface area contributed by atoms with Gasteiger partial charge >= 0.3 is 11.9 Å². The fourth-order valence-electron chi connectivity index (χ4n) is 3.36. The number of aromatic nitrogens is 1. The molecule has 0 N–H and O–H groups in total. The van der Waals surface area contributed by atoms with Gasteiger partial charge in [-0.05, 0) is 42.5 Å². The Balaban J connectivity index is 1.90. The number of rotatable bonds is 5. The van der Waals surface area contributed by atoms with Crippen LogP contribution >= 0.6 is 0 Å². The largest absolute Gasteiger partial charge is 0.495 e. The van der Waals surface area contributed by atoms with Gasteiger partial charge in [-0.15, -0.1) is 0 Å². The van der Waals surface area contributed by atoms with E-state index in [0.717, 1.165) is 5.52 Å². The Hall–Kier alpha value is -4.33. The number of anilines is 1. The van der Waals surface area contributed by atoms with Crippen molar-refractivity contribution in [2.45, 2.75) is 0 Å². The number of carbonyl (C=O) groups is 2. The summed E-state index contributed by atoms with van der Waals surface area (Å²) >= 11 is 0. The zero-order valence-electron chi connectivity index (χ0n) is 17.7. The van der Waals surface area contributed by atoms with Gasteiger partial charge in [0.1, 0.15) is 17.0 Å². The van der Waals surface area contributed by atoms with Crippen molar-refractivity contribution >= 4 is 28.7 Å². The summed E-state index contributed by atoms with van der Waals surface area (Å²) in [6.45, 7) is 0. The van der Waals surface area contributed by atoms with Gasteiger partial charge in [-0.1, -0.05) is 18.2 Å². The van der Waals surface area contributed by atoms with E-state index in [4.69, 9.17) is 18.6 Å². The van der Waals surface area contributed by atoms with Crippen molar-refractivity contribution in [3.05, 3.63) is 78.2 Å². The maximum absolute atomic E-state index is 12.7. The first-order valence-corrected chi connectivity index (χ1v) is 9.66. The molecule has 0 spiro atoms. The van der Waals surface area contributed by atoms with Crippen LogP contribution in [-0.2, 0) is 19.1 Å². The zero-order chi connectivity index (χ0) is 22.7. The standard InChI is InChI=1S/C24H20N2O6/c1-29-20-12-11-15(22-25-17-9-4-5-10-19(17)32-22)14-18(20)26-13-7-6-8-16(23(27)30-2)21(26)24(28)31-3/h4-14H,1-3H3. The molecule has 8 nitrogen and oxygen atoms in total. The number of benzene rings is 2. The summed E-state index contributed by atoms with van der Waals surface area (Å²) in [5.74, 6) is -0.522. The molecule has 1 aromatic heterocycles. The number of para-hydroxylation sites is 2. The number of hydrogen-bond donors (Lipinski definition) is 0. The highest BCUT2D eigenvalue weighted by molar-refractivity contribution is 6.05. The van der Waals surface area contributed by atoms with Gasteiger partial charge in [0, 0.05) is 11.8 Å². The third-order valence-electron chi connectivity index (χ3n) is 4.87. The minimum absolute atomic E-state index is 0.0163. The van der Waals surface area contributed by atoms with E-state index in [1.165, 1.54) is 32.3 Å². The van der Waals surface area contributed by atoms with Crippen molar-refractivity contribution in [2.24, 2.45) is 0 Å². The topological polar surface area (TPSA) is 91.1 Å². The molecule has 2 heterocycles. The van der Waals surface area contributed by atoms with Gasteiger partial charge in [0.2, 0.25) is 5.89 Å². The lowest BCUT2D eigenvalue weighted by molar-refractivity contribution is -0.139. The summed E-state index contributed by atoms with van der Waals surface area (Å²) in [7, 11) is 4.00. The van der Waals surface area contributed by atoms with Crippen LogP contribution in [0.15, 0.2) is 82.6 Å². The molecule has 4 rings (SSSR count). The minimum Gasteiger partial charge on any atom is -0.495 e. The van der Waals surface area contributed by atoms with Crippen molar-refractivity contribution in [3.63, 3.8) is 0 Å². The van der Waals surface area contributed by atoms with Crippen LogP contribution in [0.3, 0.4) is 0 Å². The average molecular weight is 432 g/mol. The molecular formula is C24H20N2O6. The molecule has 0 atom stereocenters. The van der Waals surface area contributed by atoms with Crippen LogP contribution in [0.4, 0.5) is 5.69 Å². The number of methoxy groups -OCH3 is 3. The van der Waals surface area contributed by atoms with E-state index in [9.17, 15) is 9.59 Å². The van der Waals surface area contributed by atoms with Gasteiger partial charge < -0.3 is 23.5 Å². The van der Waals surface area contributed by atoms with Gasteiger partial charge in [-0.25, -0.2) is 14.6 Å². The van der Waals surface area contributed by atoms with Crippen molar-refractivity contribution in [2.75, 3.05) is 26.2 Å². The maximum Gasteiger partial charge on any atom is 0.355 e. The Bertz CT molecular complexity index is 1250. The molecule has 0 radical (unpaired) electrons. The number of nitrogens with zero attached hydrogens (tertiary/aromatic N) is 2. The van der Waals surface area contributed by atoms with Crippen molar-refractivity contribution in [1.29, 1.82) is 0 Å². The molecule has 8 heteroatoms. The molecule has 0 fully saturated rings. The average Bonchev–Trinajstić information content (AvgIpc) is 3.15. The van der Waals surface area contributed by atoms with Crippen molar-refractivity contribution in [3.8, 4) is 17.2 Å². The van der Waals surface area contributed by atoms with E-state index >= 15 is 0 Å². The number of hydrogen-bond acceptors (Lipinski definition) is 8. The summed E-state index contributed by atoms with van der Waals surface area (Å²) in [4.78, 5) is 31.2. The smallest absolute Gasteiger partial charge is 0.355 e. The first-order chi connectivity index (χ1) is 15.6. The monoisotopic (exact) mass is 432 g/mol. The minimum atomic E-state index is -0.712. The van der Waals surface area contributed by atoms with E-state index in [2.05, 4.69) is 4.98 Å². The highest BCUT2D eigenvalue weighted by Crippen LogP contribution is 2.37. The van der Waals surface area contributed by atoms with E-state index in [-0.39, 0.29) is 11.3 Å². The summed E-state index contributed by atoms with van der Waals surface area (Å²) in [5.41, 5.74) is 2.54. The van der Waals surface area contributed by atoms with Crippen LogP contribution in [-0.4, -0.2) is 38.3 Å². The van der Waals surface area contributed by atoms with Crippen LogP contribution < -0.4 is 9.64 Å². The third-order valence-corrected chi connectivity index (χ3v) is 4.87. The van der Waals surface area contributed by atoms with Crippen molar-refractivity contribution in [1.82, 2.24) is 4.98 Å². The Morgan fingerprint density at radius 2 is 1.75 bits per heavy atom. The maximum atomic E-state index is 12.7. The zero-order valence-corrected chi connectivity index (χ0v) is 17.7. The van der Waals surface area contributed by atoms with Crippen LogP contribution in [0, 0.1) is 0 Å². The lowest BCUT2D eigenvalue weighted by atomic mass is 10.1. The van der Waals surface area contributed by atoms with E-state index in [1.54, 1.807) is 36.6 Å². The second-order valence-corrected chi connectivity index (χ2v) is 6.69. The molecule has 1 aliphatic rings. The van der Waals surface area contributed by atoms with Gasteiger partial charge in [-0.2, -0.15) is 0 Å². The highest BCUT2D eigenvalue weighted by Gasteiger charge is 2.29. The van der Waals surface area contributed by atoms with Crippen LogP contribution in [0.2, 0.25) is 0 Å². The predicted molar refractivity (Wildman–Crippen MR) is 118 cm³/mol. The quantitative estimate of drug-likeness (QED) is 0.559. The van der Waals surface area contributed by atoms with Crippen LogP contribution in [0.25, 0.3) is 22.6 Å². The molecule has 162 valence electrons. The fraction of sp³-hybridized carbons (Fsp3) is 0.125. The van der Waals surface area contributed by atoms with Crippen LogP contribution in [0.1, 0.15) is 0 Å². The van der Waals surface area contributed by atoms with Gasteiger partial charge in [-0.3, -0.25) is 0 Å². The Morgan fingerprint density at radius 1 is 0.969 bits per heavy atom. The second-order valence-electron chi connectivity index (χ2n) is 6.69. The number of carbonyl (C=O) groups excluding carboxylic acids is 2. The SMILES string of the molecule is COC(=O)C1=C(C(=O)OC)N(c2cc(-c3nc4ccccc4o3)ccc2OC)C=CC=C1. The summed E-state index contributed by atoms with van der Waals surface area (Å²) in [6, 6.07) is 12.7. The first-order valence-electron chi connectivity index (χ1n) is 9.66. The van der Waals surface area contributed by atoms with Gasteiger partial charge in [0.15, 0.2) is 5.58 Å².